The van der Waals surface area contributed by atoms with Gasteiger partial charge in [0.05, 0.1) is 4.92 Å². The Morgan fingerprint density at radius 3 is 2.75 bits per heavy atom. The Labute approximate surface area is 114 Å². The number of pyridine rings is 1. The van der Waals surface area contributed by atoms with E-state index in [1.54, 1.807) is 0 Å². The normalized spacial score (nSPS) is 15.7. The Hall–Kier alpha value is -2.22. The molecule has 108 valence electrons. The lowest BCUT2D eigenvalue weighted by Crippen LogP contribution is -2.19. The van der Waals surface area contributed by atoms with Crippen molar-refractivity contribution in [2.24, 2.45) is 5.41 Å². The molecule has 1 saturated carbocycles. The molecule has 1 heterocycles. The Morgan fingerprint density at radius 1 is 1.55 bits per heavy atom. The molecule has 1 aliphatic carbocycles. The van der Waals surface area contributed by atoms with Crippen molar-refractivity contribution in [2.75, 3.05) is 18.5 Å². The zero-order valence-electron chi connectivity index (χ0n) is 10.7. The number of hydrogen-bond acceptors (Lipinski definition) is 6. The number of aliphatic hydroxyl groups excluding tert-OH is 1. The zero-order chi connectivity index (χ0) is 14.8. The topological polar surface area (TPSA) is 126 Å². The standard InChI is InChI=1S/C12H15N3O5/c16-4-3-12(1-2-12)7-14-10-9(11(17)18)5-8(6-13-10)15(19)20/h5-6,16H,1-4,7H2,(H,13,14)(H,17,18). The highest BCUT2D eigenvalue weighted by Gasteiger charge is 2.41. The minimum absolute atomic E-state index is 0.00597. The van der Waals surface area contributed by atoms with Crippen molar-refractivity contribution < 1.29 is 19.9 Å². The van der Waals surface area contributed by atoms with Gasteiger partial charge in [-0.2, -0.15) is 0 Å². The maximum atomic E-state index is 11.1. The second-order valence-corrected chi connectivity index (χ2v) is 4.98. The van der Waals surface area contributed by atoms with Crippen LogP contribution in [0.4, 0.5) is 11.5 Å². The van der Waals surface area contributed by atoms with Crippen molar-refractivity contribution in [3.63, 3.8) is 0 Å². The molecule has 0 aromatic carbocycles. The van der Waals surface area contributed by atoms with Crippen molar-refractivity contribution in [1.82, 2.24) is 4.98 Å². The molecule has 1 aromatic rings. The number of aromatic carboxylic acids is 1. The highest BCUT2D eigenvalue weighted by molar-refractivity contribution is 5.93. The van der Waals surface area contributed by atoms with Gasteiger partial charge in [0, 0.05) is 19.2 Å². The van der Waals surface area contributed by atoms with Crippen LogP contribution in [0.15, 0.2) is 12.3 Å². The van der Waals surface area contributed by atoms with E-state index in [-0.39, 0.29) is 29.1 Å². The third-order valence-electron chi connectivity index (χ3n) is 3.54. The quantitative estimate of drug-likeness (QED) is 0.507. The molecule has 0 bridgehead atoms. The number of aromatic nitrogens is 1. The number of carboxylic acids is 1. The lowest BCUT2D eigenvalue weighted by molar-refractivity contribution is -0.385. The summed E-state index contributed by atoms with van der Waals surface area (Å²) >= 11 is 0. The highest BCUT2D eigenvalue weighted by Crippen LogP contribution is 2.48. The smallest absolute Gasteiger partial charge is 0.339 e. The molecule has 0 amide bonds. The predicted octanol–water partition coefficient (Wildman–Crippen LogP) is 1.26. The van der Waals surface area contributed by atoms with Crippen LogP contribution in [0.5, 0.6) is 0 Å². The number of carbonyl (C=O) groups is 1. The monoisotopic (exact) mass is 281 g/mol. The van der Waals surface area contributed by atoms with Crippen LogP contribution in [0.25, 0.3) is 0 Å². The Morgan fingerprint density at radius 2 is 2.25 bits per heavy atom. The van der Waals surface area contributed by atoms with E-state index in [9.17, 15) is 14.9 Å². The molecule has 0 spiro atoms. The van der Waals surface area contributed by atoms with Gasteiger partial charge in [0.15, 0.2) is 0 Å². The third-order valence-corrected chi connectivity index (χ3v) is 3.54. The van der Waals surface area contributed by atoms with Gasteiger partial charge in [-0.3, -0.25) is 10.1 Å². The van der Waals surface area contributed by atoms with E-state index in [1.807, 2.05) is 0 Å². The summed E-state index contributed by atoms with van der Waals surface area (Å²) in [4.78, 5) is 24.9. The van der Waals surface area contributed by atoms with Crippen LogP contribution >= 0.6 is 0 Å². The van der Waals surface area contributed by atoms with Crippen LogP contribution in [0.2, 0.25) is 0 Å². The molecular weight excluding hydrogens is 266 g/mol. The number of carboxylic acid groups (broad SMARTS) is 1. The fourth-order valence-electron chi connectivity index (χ4n) is 2.06. The molecule has 0 aliphatic heterocycles. The number of rotatable bonds is 7. The van der Waals surface area contributed by atoms with Crippen LogP contribution < -0.4 is 5.32 Å². The first kappa shape index (κ1) is 14.2. The summed E-state index contributed by atoms with van der Waals surface area (Å²) in [7, 11) is 0. The summed E-state index contributed by atoms with van der Waals surface area (Å²) in [6, 6.07) is 0.989. The lowest BCUT2D eigenvalue weighted by atomic mass is 10.0. The van der Waals surface area contributed by atoms with Crippen molar-refractivity contribution in [3.05, 3.63) is 27.9 Å². The van der Waals surface area contributed by atoms with E-state index in [2.05, 4.69) is 10.3 Å². The van der Waals surface area contributed by atoms with Gasteiger partial charge in [-0.05, 0) is 24.7 Å². The van der Waals surface area contributed by atoms with Gasteiger partial charge in [-0.15, -0.1) is 0 Å². The highest BCUT2D eigenvalue weighted by atomic mass is 16.6. The molecule has 0 saturated heterocycles. The van der Waals surface area contributed by atoms with Gasteiger partial charge in [0.1, 0.15) is 17.6 Å². The van der Waals surface area contributed by atoms with Crippen molar-refractivity contribution in [1.29, 1.82) is 0 Å². The number of aliphatic hydroxyl groups is 1. The van der Waals surface area contributed by atoms with Crippen molar-refractivity contribution in [3.8, 4) is 0 Å². The first-order valence-electron chi connectivity index (χ1n) is 6.20. The summed E-state index contributed by atoms with van der Waals surface area (Å²) in [5, 5.41) is 31.6. The SMILES string of the molecule is O=C(O)c1cc([N+](=O)[O-])cnc1NCC1(CCO)CC1. The number of nitrogens with one attached hydrogen (secondary N) is 1. The van der Waals surface area contributed by atoms with Crippen LogP contribution in [-0.4, -0.2) is 39.2 Å². The second kappa shape index (κ2) is 5.41. The Kier molecular flexibility index (Phi) is 3.84. The van der Waals surface area contributed by atoms with Gasteiger partial charge in [-0.1, -0.05) is 0 Å². The van der Waals surface area contributed by atoms with E-state index in [1.165, 1.54) is 0 Å². The Bertz CT molecular complexity index is 542. The summed E-state index contributed by atoms with van der Waals surface area (Å²) in [5.41, 5.74) is -0.586. The summed E-state index contributed by atoms with van der Waals surface area (Å²) in [6.07, 6.45) is 3.61. The van der Waals surface area contributed by atoms with Gasteiger partial charge < -0.3 is 15.5 Å². The maximum absolute atomic E-state index is 11.1. The van der Waals surface area contributed by atoms with E-state index < -0.39 is 10.9 Å². The van der Waals surface area contributed by atoms with E-state index in [0.29, 0.717) is 13.0 Å². The number of anilines is 1. The minimum Gasteiger partial charge on any atom is -0.478 e. The molecular formula is C12H15N3O5. The second-order valence-electron chi connectivity index (χ2n) is 4.98. The number of hydrogen-bond donors (Lipinski definition) is 3. The summed E-state index contributed by atoms with van der Waals surface area (Å²) in [5.74, 6) is -1.15. The van der Waals surface area contributed by atoms with Crippen LogP contribution in [0.3, 0.4) is 0 Å². The van der Waals surface area contributed by atoms with Crippen molar-refractivity contribution >= 4 is 17.5 Å². The van der Waals surface area contributed by atoms with Crippen LogP contribution in [0, 0.1) is 15.5 Å². The molecule has 8 nitrogen and oxygen atoms in total. The zero-order valence-corrected chi connectivity index (χ0v) is 10.7. The van der Waals surface area contributed by atoms with E-state index in [4.69, 9.17) is 10.2 Å². The molecule has 3 N–H and O–H groups in total. The van der Waals surface area contributed by atoms with Gasteiger partial charge >= 0.3 is 5.97 Å². The molecule has 1 aliphatic rings. The molecule has 20 heavy (non-hydrogen) atoms. The predicted molar refractivity (Wildman–Crippen MR) is 69.7 cm³/mol. The van der Waals surface area contributed by atoms with E-state index in [0.717, 1.165) is 25.1 Å². The van der Waals surface area contributed by atoms with Gasteiger partial charge in [0.2, 0.25) is 0 Å². The van der Waals surface area contributed by atoms with Crippen LogP contribution in [-0.2, 0) is 0 Å². The summed E-state index contributed by atoms with van der Waals surface area (Å²) in [6.45, 7) is 0.583. The number of nitro groups is 1. The molecule has 0 atom stereocenters. The van der Waals surface area contributed by atoms with Gasteiger partial charge in [-0.25, -0.2) is 9.78 Å². The van der Waals surface area contributed by atoms with Gasteiger partial charge in [0.25, 0.3) is 5.69 Å². The molecule has 1 fully saturated rings. The average molecular weight is 281 g/mol. The fraction of sp³-hybridized carbons (Fsp3) is 0.500. The van der Waals surface area contributed by atoms with Crippen molar-refractivity contribution in [2.45, 2.75) is 19.3 Å². The fourth-order valence-corrected chi connectivity index (χ4v) is 2.06. The largest absolute Gasteiger partial charge is 0.478 e. The lowest BCUT2D eigenvalue weighted by Gasteiger charge is -2.15. The molecule has 1 aromatic heterocycles. The first-order valence-corrected chi connectivity index (χ1v) is 6.20. The molecule has 2 rings (SSSR count). The van der Waals surface area contributed by atoms with E-state index >= 15 is 0 Å². The average Bonchev–Trinajstić information content (AvgIpc) is 3.16. The first-order chi connectivity index (χ1) is 9.47. The third kappa shape index (κ3) is 3.02. The molecule has 8 heteroatoms. The maximum Gasteiger partial charge on any atom is 0.339 e. The number of nitrogens with zero attached hydrogens (tertiary/aromatic N) is 2. The minimum atomic E-state index is -1.27. The molecule has 0 unspecified atom stereocenters. The molecule has 0 radical (unpaired) electrons. The summed E-state index contributed by atoms with van der Waals surface area (Å²) < 4.78 is 0. The Balaban J connectivity index is 2.15. The van der Waals surface area contributed by atoms with Crippen LogP contribution in [0.1, 0.15) is 29.6 Å².